The molecule has 2 aliphatic rings. The van der Waals surface area contributed by atoms with Crippen molar-refractivity contribution in [2.24, 2.45) is 0 Å². The minimum absolute atomic E-state index is 0.0693. The molecule has 0 spiro atoms. The Hall–Kier alpha value is -2.53. The zero-order valence-electron chi connectivity index (χ0n) is 19.5. The van der Waals surface area contributed by atoms with Crippen molar-refractivity contribution in [2.75, 3.05) is 27.5 Å². The number of hydrogen-bond donors (Lipinski definition) is 0. The number of methoxy groups -OCH3 is 1. The first-order chi connectivity index (χ1) is 14.8. The van der Waals surface area contributed by atoms with Crippen LogP contribution in [0.3, 0.4) is 0 Å². The molecule has 5 nitrogen and oxygen atoms in total. The van der Waals surface area contributed by atoms with Crippen molar-refractivity contribution in [2.45, 2.75) is 58.9 Å². The summed E-state index contributed by atoms with van der Waals surface area (Å²) in [6, 6.07) is 1.97. The average molecular weight is 426 g/mol. The first-order valence-electron chi connectivity index (χ1n) is 11.0. The maximum atomic E-state index is 13.1. The third-order valence-electron chi connectivity index (χ3n) is 6.11. The number of carbonyl (C=O) groups is 1. The van der Waals surface area contributed by atoms with Crippen LogP contribution in [0, 0.1) is 0 Å². The molecular formula is C26H35NO4. The average Bonchev–Trinajstić information content (AvgIpc) is 3.20. The fourth-order valence-corrected chi connectivity index (χ4v) is 4.20. The number of allylic oxidation sites excluding steroid dienone is 5. The van der Waals surface area contributed by atoms with Crippen LogP contribution in [0.15, 0.2) is 41.5 Å². The molecule has 0 radical (unpaired) electrons. The molecule has 0 unspecified atom stereocenters. The van der Waals surface area contributed by atoms with Gasteiger partial charge in [0.1, 0.15) is 0 Å². The number of likely N-dealkylation sites (N-methyl/N-ethyl adjacent to an activating group) is 1. The molecule has 0 saturated heterocycles. The van der Waals surface area contributed by atoms with E-state index >= 15 is 0 Å². The van der Waals surface area contributed by atoms with Gasteiger partial charge in [-0.15, -0.1) is 0 Å². The molecule has 2 heterocycles. The maximum absolute atomic E-state index is 13.1. The number of carbonyl (C=O) groups excluding carboxylic acids is 1. The summed E-state index contributed by atoms with van der Waals surface area (Å²) in [5.74, 6) is 2.15. The second kappa shape index (κ2) is 10.2. The molecule has 168 valence electrons. The molecular weight excluding hydrogens is 390 g/mol. The Labute approximate surface area is 186 Å². The number of ether oxygens (including phenoxy) is 3. The number of nitrogens with zero attached hydrogens (tertiary/aromatic N) is 1. The van der Waals surface area contributed by atoms with Crippen LogP contribution in [0.4, 0.5) is 0 Å². The molecule has 0 aromatic heterocycles. The summed E-state index contributed by atoms with van der Waals surface area (Å²) in [5, 5.41) is 0. The van der Waals surface area contributed by atoms with E-state index in [0.29, 0.717) is 29.9 Å². The Kier molecular flexibility index (Phi) is 7.60. The van der Waals surface area contributed by atoms with Crippen molar-refractivity contribution in [3.05, 3.63) is 52.6 Å². The molecule has 0 bridgehead atoms. The highest BCUT2D eigenvalue weighted by Gasteiger charge is 2.35. The van der Waals surface area contributed by atoms with E-state index in [1.54, 1.807) is 7.11 Å². The highest BCUT2D eigenvalue weighted by molar-refractivity contribution is 5.95. The van der Waals surface area contributed by atoms with E-state index in [1.165, 1.54) is 11.1 Å². The zero-order valence-corrected chi connectivity index (χ0v) is 19.5. The Morgan fingerprint density at radius 1 is 1.29 bits per heavy atom. The molecule has 1 aromatic carbocycles. The van der Waals surface area contributed by atoms with Crippen molar-refractivity contribution < 1.29 is 19.0 Å². The van der Waals surface area contributed by atoms with Gasteiger partial charge in [0, 0.05) is 24.6 Å². The molecule has 0 fully saturated rings. The number of ketones is 1. The van der Waals surface area contributed by atoms with Crippen LogP contribution < -0.4 is 14.2 Å². The monoisotopic (exact) mass is 425 g/mol. The summed E-state index contributed by atoms with van der Waals surface area (Å²) < 4.78 is 17.0. The fraction of sp³-hybridized carbons (Fsp3) is 0.500. The van der Waals surface area contributed by atoms with Crippen LogP contribution in [0.2, 0.25) is 0 Å². The van der Waals surface area contributed by atoms with E-state index < -0.39 is 0 Å². The second-order valence-electron chi connectivity index (χ2n) is 8.77. The topological polar surface area (TPSA) is 48.0 Å². The summed E-state index contributed by atoms with van der Waals surface area (Å²) in [6.07, 6.45) is 8.28. The predicted octanol–water partition coefficient (Wildman–Crippen LogP) is 5.55. The third-order valence-corrected chi connectivity index (χ3v) is 6.11. The summed E-state index contributed by atoms with van der Waals surface area (Å²) in [7, 11) is 3.70. The number of benzene rings is 1. The van der Waals surface area contributed by atoms with Crippen LogP contribution >= 0.6 is 0 Å². The molecule has 31 heavy (non-hydrogen) atoms. The van der Waals surface area contributed by atoms with Gasteiger partial charge in [-0.25, -0.2) is 0 Å². The highest BCUT2D eigenvalue weighted by Crippen LogP contribution is 2.50. The molecule has 3 rings (SSSR count). The van der Waals surface area contributed by atoms with Crippen LogP contribution in [0.25, 0.3) is 0 Å². The lowest BCUT2D eigenvalue weighted by molar-refractivity contribution is -0.116. The highest BCUT2D eigenvalue weighted by atomic mass is 16.7. The van der Waals surface area contributed by atoms with E-state index in [2.05, 4.69) is 51.4 Å². The molecule has 0 amide bonds. The Morgan fingerprint density at radius 2 is 2.06 bits per heavy atom. The van der Waals surface area contributed by atoms with Gasteiger partial charge in [-0.1, -0.05) is 29.9 Å². The van der Waals surface area contributed by atoms with Gasteiger partial charge in [0.05, 0.1) is 7.11 Å². The van der Waals surface area contributed by atoms with Crippen LogP contribution in [0.1, 0.15) is 63.6 Å². The van der Waals surface area contributed by atoms with Gasteiger partial charge in [-0.05, 0) is 70.7 Å². The van der Waals surface area contributed by atoms with E-state index in [-0.39, 0.29) is 18.6 Å². The van der Waals surface area contributed by atoms with Crippen molar-refractivity contribution in [1.82, 2.24) is 4.90 Å². The van der Waals surface area contributed by atoms with Crippen molar-refractivity contribution in [3.63, 3.8) is 0 Å². The molecule has 0 aliphatic carbocycles. The van der Waals surface area contributed by atoms with Gasteiger partial charge in [0.25, 0.3) is 0 Å². The van der Waals surface area contributed by atoms with Crippen LogP contribution in [-0.2, 0) is 11.2 Å². The Morgan fingerprint density at radius 3 is 2.77 bits per heavy atom. The Bertz CT molecular complexity index is 908. The van der Waals surface area contributed by atoms with E-state index in [4.69, 9.17) is 14.2 Å². The summed E-state index contributed by atoms with van der Waals surface area (Å²) in [4.78, 5) is 15.3. The van der Waals surface area contributed by atoms with Crippen molar-refractivity contribution in [1.29, 1.82) is 0 Å². The van der Waals surface area contributed by atoms with Gasteiger partial charge >= 0.3 is 0 Å². The van der Waals surface area contributed by atoms with E-state index in [9.17, 15) is 4.79 Å². The van der Waals surface area contributed by atoms with Crippen LogP contribution in [-0.4, -0.2) is 38.2 Å². The molecule has 5 heteroatoms. The quantitative estimate of drug-likeness (QED) is 0.383. The van der Waals surface area contributed by atoms with Gasteiger partial charge in [-0.2, -0.15) is 0 Å². The van der Waals surface area contributed by atoms with E-state index in [0.717, 1.165) is 42.7 Å². The second-order valence-corrected chi connectivity index (χ2v) is 8.77. The normalized spacial score (nSPS) is 17.8. The largest absolute Gasteiger partial charge is 0.492 e. The van der Waals surface area contributed by atoms with Gasteiger partial charge in [0.15, 0.2) is 17.3 Å². The predicted molar refractivity (Wildman–Crippen MR) is 124 cm³/mol. The van der Waals surface area contributed by atoms with Gasteiger partial charge in [-0.3, -0.25) is 9.69 Å². The van der Waals surface area contributed by atoms with Crippen molar-refractivity contribution in [3.8, 4) is 17.2 Å². The smallest absolute Gasteiger partial charge is 0.231 e. The van der Waals surface area contributed by atoms with Gasteiger partial charge < -0.3 is 14.2 Å². The minimum atomic E-state index is -0.0693. The first-order valence-corrected chi connectivity index (χ1v) is 11.0. The summed E-state index contributed by atoms with van der Waals surface area (Å²) in [6.45, 7) is 11.5. The lowest BCUT2D eigenvalue weighted by atomic mass is 9.87. The third kappa shape index (κ3) is 5.40. The standard InChI is InChI=1S/C26H35NO4/c1-17(2)8-7-9-18(3)10-11-19(4)22(28)15-21-24-20(12-13-27(21)5)14-23-25(26(24)29-6)31-16-30-23/h8,10,14,21H,4,7,9,11-13,15-16H2,1-3,5-6H3/b18-10+/t21-/m0/s1. The van der Waals surface area contributed by atoms with Crippen molar-refractivity contribution >= 4 is 5.78 Å². The van der Waals surface area contributed by atoms with Crippen LogP contribution in [0.5, 0.6) is 17.2 Å². The molecule has 1 aromatic rings. The lowest BCUT2D eigenvalue weighted by Crippen LogP contribution is -2.34. The first kappa shape index (κ1) is 23.1. The molecule has 1 atom stereocenters. The molecule has 0 N–H and O–H groups in total. The number of rotatable bonds is 9. The minimum Gasteiger partial charge on any atom is -0.492 e. The Balaban J connectivity index is 1.72. The maximum Gasteiger partial charge on any atom is 0.231 e. The summed E-state index contributed by atoms with van der Waals surface area (Å²) >= 11 is 0. The number of Topliss-reactive ketones (excluding diaryl/α,β-unsaturated/α-hetero) is 1. The molecule has 0 saturated carbocycles. The zero-order chi connectivity index (χ0) is 22.5. The number of fused-ring (bicyclic) bond motifs is 2. The molecule has 2 aliphatic heterocycles. The summed E-state index contributed by atoms with van der Waals surface area (Å²) in [5.41, 5.74) is 5.48. The van der Waals surface area contributed by atoms with E-state index in [1.807, 2.05) is 6.07 Å². The van der Waals surface area contributed by atoms with Gasteiger partial charge in [0.2, 0.25) is 12.5 Å². The lowest BCUT2D eigenvalue weighted by Gasteiger charge is -2.35. The number of hydrogen-bond acceptors (Lipinski definition) is 5. The fourth-order valence-electron chi connectivity index (χ4n) is 4.20. The SMILES string of the molecule is C=C(C/C=C(\C)CCC=C(C)C)C(=O)C[C@H]1c2c(cc3c(c2OC)OCO3)CCN1C.